The standard InChI is InChI=1S/C25H24N2O5/c1-25(2)31-14-17(32-25)13-30-16-8-6-7-15(11-16)21-22(24(29)26-23(21)28)19-12-27(3)20-10-5-4-9-18(19)20/h4-12,17H,13-14H2,1-3H3,(H,26,28,29). The Bertz CT molecular complexity index is 1270. The van der Waals surface area contributed by atoms with Gasteiger partial charge in [-0.2, -0.15) is 0 Å². The van der Waals surface area contributed by atoms with Crippen molar-refractivity contribution < 1.29 is 23.8 Å². The molecule has 7 heteroatoms. The first-order valence-corrected chi connectivity index (χ1v) is 10.5. The van der Waals surface area contributed by atoms with Gasteiger partial charge in [-0.15, -0.1) is 0 Å². The van der Waals surface area contributed by atoms with Gasteiger partial charge in [0, 0.05) is 29.7 Å². The fraction of sp³-hybridized carbons (Fsp3) is 0.280. The maximum absolute atomic E-state index is 12.8. The van der Waals surface area contributed by atoms with Crippen LogP contribution in [-0.2, 0) is 26.1 Å². The Hall–Kier alpha value is -3.42. The summed E-state index contributed by atoms with van der Waals surface area (Å²) in [5.74, 6) is -0.834. The summed E-state index contributed by atoms with van der Waals surface area (Å²) >= 11 is 0. The van der Waals surface area contributed by atoms with Crippen molar-refractivity contribution in [3.8, 4) is 5.75 Å². The number of benzene rings is 2. The molecule has 1 atom stereocenters. The number of carbonyl (C=O) groups is 2. The van der Waals surface area contributed by atoms with Crippen molar-refractivity contribution in [2.24, 2.45) is 7.05 Å². The quantitative estimate of drug-likeness (QED) is 0.626. The van der Waals surface area contributed by atoms with E-state index in [9.17, 15) is 9.59 Å². The molecular formula is C25H24N2O5. The lowest BCUT2D eigenvalue weighted by molar-refractivity contribution is -0.141. The summed E-state index contributed by atoms with van der Waals surface area (Å²) in [4.78, 5) is 25.6. The molecular weight excluding hydrogens is 408 g/mol. The van der Waals surface area contributed by atoms with Gasteiger partial charge >= 0.3 is 0 Å². The Labute approximate surface area is 185 Å². The predicted molar refractivity (Wildman–Crippen MR) is 120 cm³/mol. The second-order valence-electron chi connectivity index (χ2n) is 8.49. The highest BCUT2D eigenvalue weighted by Gasteiger charge is 2.35. The van der Waals surface area contributed by atoms with Crippen LogP contribution < -0.4 is 10.1 Å². The Morgan fingerprint density at radius 2 is 1.88 bits per heavy atom. The number of hydrogen-bond acceptors (Lipinski definition) is 5. The van der Waals surface area contributed by atoms with Crippen molar-refractivity contribution in [2.75, 3.05) is 13.2 Å². The van der Waals surface area contributed by atoms with Crippen LogP contribution in [0, 0.1) is 0 Å². The van der Waals surface area contributed by atoms with Crippen LogP contribution in [0.3, 0.4) is 0 Å². The van der Waals surface area contributed by atoms with E-state index >= 15 is 0 Å². The molecule has 0 bridgehead atoms. The lowest BCUT2D eigenvalue weighted by atomic mass is 9.96. The van der Waals surface area contributed by atoms with Gasteiger partial charge in [0.05, 0.1) is 17.8 Å². The first kappa shape index (κ1) is 20.5. The van der Waals surface area contributed by atoms with Crippen LogP contribution in [0.2, 0.25) is 0 Å². The van der Waals surface area contributed by atoms with Crippen molar-refractivity contribution >= 4 is 33.9 Å². The lowest BCUT2D eigenvalue weighted by Crippen LogP contribution is -2.25. The molecule has 0 saturated carbocycles. The molecule has 2 aromatic carbocycles. The minimum absolute atomic E-state index is 0.171. The van der Waals surface area contributed by atoms with Gasteiger partial charge in [-0.3, -0.25) is 14.9 Å². The van der Waals surface area contributed by atoms with Crippen LogP contribution in [0.15, 0.2) is 54.7 Å². The van der Waals surface area contributed by atoms with E-state index in [1.165, 1.54) is 0 Å². The number of amides is 2. The molecule has 5 rings (SSSR count). The van der Waals surface area contributed by atoms with E-state index in [4.69, 9.17) is 14.2 Å². The number of ether oxygens (including phenoxy) is 3. The summed E-state index contributed by atoms with van der Waals surface area (Å²) < 4.78 is 19.2. The highest BCUT2D eigenvalue weighted by atomic mass is 16.7. The zero-order chi connectivity index (χ0) is 22.5. The summed E-state index contributed by atoms with van der Waals surface area (Å²) in [5.41, 5.74) is 3.06. The Kier molecular flexibility index (Phi) is 4.87. The first-order valence-electron chi connectivity index (χ1n) is 10.5. The topological polar surface area (TPSA) is 78.8 Å². The summed E-state index contributed by atoms with van der Waals surface area (Å²) in [6.45, 7) is 4.52. The molecule has 7 nitrogen and oxygen atoms in total. The summed E-state index contributed by atoms with van der Waals surface area (Å²) in [5, 5.41) is 3.37. The molecule has 0 aliphatic carbocycles. The average molecular weight is 432 g/mol. The molecule has 0 radical (unpaired) electrons. The summed E-state index contributed by atoms with van der Waals surface area (Å²) in [7, 11) is 1.92. The molecule has 1 saturated heterocycles. The number of rotatable bonds is 5. The van der Waals surface area contributed by atoms with Crippen molar-refractivity contribution in [3.63, 3.8) is 0 Å². The largest absolute Gasteiger partial charge is 0.491 e. The molecule has 1 N–H and O–H groups in total. The van der Waals surface area contributed by atoms with Gasteiger partial charge in [0.2, 0.25) is 0 Å². The van der Waals surface area contributed by atoms with Crippen molar-refractivity contribution in [1.82, 2.24) is 9.88 Å². The fourth-order valence-electron chi connectivity index (χ4n) is 4.30. The number of nitrogens with one attached hydrogen (secondary N) is 1. The minimum Gasteiger partial charge on any atom is -0.491 e. The van der Waals surface area contributed by atoms with Crippen LogP contribution in [0.1, 0.15) is 25.0 Å². The smallest absolute Gasteiger partial charge is 0.259 e. The number of carbonyl (C=O) groups excluding carboxylic acids is 2. The van der Waals surface area contributed by atoms with E-state index in [1.54, 1.807) is 6.07 Å². The van der Waals surface area contributed by atoms with E-state index in [0.29, 0.717) is 35.7 Å². The molecule has 164 valence electrons. The molecule has 1 aromatic heterocycles. The maximum atomic E-state index is 12.8. The van der Waals surface area contributed by atoms with Crippen LogP contribution in [0.4, 0.5) is 0 Å². The lowest BCUT2D eigenvalue weighted by Gasteiger charge is -2.17. The number of nitrogens with zero attached hydrogens (tertiary/aromatic N) is 1. The van der Waals surface area contributed by atoms with Gasteiger partial charge < -0.3 is 18.8 Å². The highest BCUT2D eigenvalue weighted by Crippen LogP contribution is 2.36. The highest BCUT2D eigenvalue weighted by molar-refractivity contribution is 6.50. The average Bonchev–Trinajstić information content (AvgIpc) is 3.39. The molecule has 1 unspecified atom stereocenters. The fourth-order valence-corrected chi connectivity index (χ4v) is 4.30. The Morgan fingerprint density at radius 1 is 1.09 bits per heavy atom. The number of aryl methyl sites for hydroxylation is 1. The van der Waals surface area contributed by atoms with Crippen molar-refractivity contribution in [3.05, 3.63) is 65.9 Å². The number of para-hydroxylation sites is 1. The van der Waals surface area contributed by atoms with E-state index in [1.807, 2.05) is 74.1 Å². The van der Waals surface area contributed by atoms with Crippen molar-refractivity contribution in [2.45, 2.75) is 25.7 Å². The molecule has 1 fully saturated rings. The third-order valence-electron chi connectivity index (χ3n) is 5.72. The summed E-state index contributed by atoms with van der Waals surface area (Å²) in [6.07, 6.45) is 1.72. The minimum atomic E-state index is -0.615. The maximum Gasteiger partial charge on any atom is 0.259 e. The van der Waals surface area contributed by atoms with E-state index in [-0.39, 0.29) is 6.10 Å². The van der Waals surface area contributed by atoms with Crippen LogP contribution in [0.5, 0.6) is 5.75 Å². The number of aromatic nitrogens is 1. The van der Waals surface area contributed by atoms with Gasteiger partial charge in [0.15, 0.2) is 5.79 Å². The zero-order valence-corrected chi connectivity index (χ0v) is 18.2. The first-order chi connectivity index (χ1) is 15.3. The van der Waals surface area contributed by atoms with Crippen LogP contribution in [0.25, 0.3) is 22.0 Å². The zero-order valence-electron chi connectivity index (χ0n) is 18.2. The Balaban J connectivity index is 1.51. The number of fused-ring (bicyclic) bond motifs is 1. The Morgan fingerprint density at radius 3 is 2.66 bits per heavy atom. The SMILES string of the molecule is Cn1cc(C2=C(c3cccc(OCC4COC(C)(C)O4)c3)C(=O)NC2=O)c2ccccc21. The normalized spacial score (nSPS) is 20.3. The molecule has 0 spiro atoms. The molecule has 3 heterocycles. The van der Waals surface area contributed by atoms with Gasteiger partial charge in [0.25, 0.3) is 11.8 Å². The van der Waals surface area contributed by atoms with Crippen molar-refractivity contribution in [1.29, 1.82) is 0 Å². The predicted octanol–water partition coefficient (Wildman–Crippen LogP) is 3.28. The van der Waals surface area contributed by atoms with Crippen LogP contribution in [-0.4, -0.2) is 41.5 Å². The van der Waals surface area contributed by atoms with Gasteiger partial charge in [-0.1, -0.05) is 30.3 Å². The third kappa shape index (κ3) is 3.59. The molecule has 2 aliphatic rings. The van der Waals surface area contributed by atoms with Crippen LogP contribution >= 0.6 is 0 Å². The number of imide groups is 1. The number of hydrogen-bond donors (Lipinski definition) is 1. The summed E-state index contributed by atoms with van der Waals surface area (Å²) in [6, 6.07) is 15.0. The second-order valence-corrected chi connectivity index (χ2v) is 8.49. The third-order valence-corrected chi connectivity index (χ3v) is 5.72. The molecule has 2 aliphatic heterocycles. The monoisotopic (exact) mass is 432 g/mol. The van der Waals surface area contributed by atoms with E-state index in [0.717, 1.165) is 16.5 Å². The molecule has 2 amide bonds. The van der Waals surface area contributed by atoms with Gasteiger partial charge in [-0.05, 0) is 37.6 Å². The second kappa shape index (κ2) is 7.62. The molecule has 3 aromatic rings. The molecule has 32 heavy (non-hydrogen) atoms. The van der Waals surface area contributed by atoms with E-state index < -0.39 is 17.6 Å². The van der Waals surface area contributed by atoms with Gasteiger partial charge in [0.1, 0.15) is 18.5 Å². The van der Waals surface area contributed by atoms with Gasteiger partial charge in [-0.25, -0.2) is 0 Å². The van der Waals surface area contributed by atoms with E-state index in [2.05, 4.69) is 5.32 Å².